The van der Waals surface area contributed by atoms with E-state index in [9.17, 15) is 8.42 Å². The molecule has 14 heteroatoms. The summed E-state index contributed by atoms with van der Waals surface area (Å²) in [6.45, 7) is 3.46. The van der Waals surface area contributed by atoms with Crippen LogP contribution in [0.5, 0.6) is 17.2 Å². The maximum absolute atomic E-state index is 13.9. The number of piperidine rings is 1. The van der Waals surface area contributed by atoms with Crippen molar-refractivity contribution in [1.29, 1.82) is 0 Å². The number of ether oxygens (including phenoxy) is 4. The molecule has 0 bridgehead atoms. The van der Waals surface area contributed by atoms with Crippen LogP contribution < -0.4 is 24.2 Å². The normalized spacial score (nSPS) is 20.8. The van der Waals surface area contributed by atoms with Gasteiger partial charge in [-0.2, -0.15) is 5.10 Å². The lowest BCUT2D eigenvalue weighted by Gasteiger charge is -2.36. The van der Waals surface area contributed by atoms with Gasteiger partial charge in [0.25, 0.3) is 10.0 Å². The second-order valence-electron chi connectivity index (χ2n) is 11.9. The molecule has 3 aliphatic rings. The second kappa shape index (κ2) is 12.1. The van der Waals surface area contributed by atoms with Crippen LogP contribution in [0.3, 0.4) is 0 Å². The Kier molecular flexibility index (Phi) is 7.96. The number of aromatic nitrogens is 3. The maximum Gasteiger partial charge on any atom is 0.270 e. The number of H-pyrrole nitrogens is 1. The van der Waals surface area contributed by atoms with Gasteiger partial charge in [0.1, 0.15) is 17.2 Å². The van der Waals surface area contributed by atoms with Gasteiger partial charge in [0, 0.05) is 42.9 Å². The Labute approximate surface area is 261 Å². The van der Waals surface area contributed by atoms with Crippen molar-refractivity contribution < 1.29 is 31.9 Å². The molecule has 4 aromatic rings. The smallest absolute Gasteiger partial charge is 0.270 e. The quantitative estimate of drug-likeness (QED) is 0.204. The van der Waals surface area contributed by atoms with Crippen molar-refractivity contribution in [2.45, 2.75) is 54.9 Å². The van der Waals surface area contributed by atoms with E-state index in [0.717, 1.165) is 69.7 Å². The lowest BCUT2D eigenvalue weighted by Crippen LogP contribution is -2.42. The molecule has 3 fully saturated rings. The van der Waals surface area contributed by atoms with Crippen molar-refractivity contribution >= 4 is 38.3 Å². The number of anilines is 3. The highest BCUT2D eigenvalue weighted by Crippen LogP contribution is 2.43. The van der Waals surface area contributed by atoms with Gasteiger partial charge in [-0.25, -0.2) is 8.42 Å². The molecular weight excluding hydrogens is 600 g/mol. The molecule has 0 amide bonds. The fourth-order valence-electron chi connectivity index (χ4n) is 6.45. The van der Waals surface area contributed by atoms with E-state index in [1.54, 1.807) is 12.1 Å². The van der Waals surface area contributed by atoms with E-state index in [1.807, 2.05) is 18.2 Å². The van der Waals surface area contributed by atoms with Crippen LogP contribution in [0.15, 0.2) is 39.8 Å². The van der Waals surface area contributed by atoms with Crippen LogP contribution in [0.1, 0.15) is 55.2 Å². The largest absolute Gasteiger partial charge is 0.495 e. The minimum Gasteiger partial charge on any atom is -0.495 e. The molecule has 7 rings (SSSR count). The molecule has 13 nitrogen and oxygen atoms in total. The summed E-state index contributed by atoms with van der Waals surface area (Å²) >= 11 is 0. The van der Waals surface area contributed by atoms with Crippen LogP contribution in [-0.2, 0) is 14.8 Å². The molecule has 1 saturated carbocycles. The minimum atomic E-state index is -4.23. The summed E-state index contributed by atoms with van der Waals surface area (Å²) in [5, 5.41) is 15.1. The molecule has 45 heavy (non-hydrogen) atoms. The van der Waals surface area contributed by atoms with Crippen LogP contribution in [0.2, 0.25) is 0 Å². The number of hydrogen-bond acceptors (Lipinski definition) is 11. The number of sulfonamides is 1. The van der Waals surface area contributed by atoms with Gasteiger partial charge in [0.2, 0.25) is 0 Å². The van der Waals surface area contributed by atoms with E-state index in [1.165, 1.54) is 21.3 Å². The third-order valence-electron chi connectivity index (χ3n) is 9.00. The van der Waals surface area contributed by atoms with Crippen molar-refractivity contribution in [3.63, 3.8) is 0 Å². The molecule has 2 aliphatic heterocycles. The molecule has 2 aromatic carbocycles. The highest BCUT2D eigenvalue weighted by atomic mass is 32.2. The Morgan fingerprint density at radius 3 is 2.42 bits per heavy atom. The monoisotopic (exact) mass is 638 g/mol. The van der Waals surface area contributed by atoms with Gasteiger partial charge >= 0.3 is 0 Å². The number of methoxy groups -OCH3 is 3. The van der Waals surface area contributed by atoms with Crippen LogP contribution in [0, 0.1) is 0 Å². The lowest BCUT2D eigenvalue weighted by atomic mass is 9.89. The average Bonchev–Trinajstić information content (AvgIpc) is 3.39. The molecule has 240 valence electrons. The Balaban J connectivity index is 1.16. The molecule has 1 aliphatic carbocycles. The van der Waals surface area contributed by atoms with E-state index in [0.29, 0.717) is 40.2 Å². The van der Waals surface area contributed by atoms with Crippen LogP contribution in [0.25, 0.3) is 11.0 Å². The number of aromatic amines is 1. The van der Waals surface area contributed by atoms with Gasteiger partial charge in [0.05, 0.1) is 39.0 Å². The number of rotatable bonds is 11. The summed E-state index contributed by atoms with van der Waals surface area (Å²) in [7, 11) is 0.220. The summed E-state index contributed by atoms with van der Waals surface area (Å²) in [4.78, 5) is 2.37. The van der Waals surface area contributed by atoms with Gasteiger partial charge in [-0.1, -0.05) is 5.16 Å². The first-order valence-electron chi connectivity index (χ1n) is 15.3. The van der Waals surface area contributed by atoms with Crippen molar-refractivity contribution in [2.75, 3.05) is 57.7 Å². The number of fused-ring (bicyclic) bond motifs is 1. The third-order valence-corrected chi connectivity index (χ3v) is 10.4. The Bertz CT molecular complexity index is 1770. The summed E-state index contributed by atoms with van der Waals surface area (Å²) in [6.07, 6.45) is 5.40. The van der Waals surface area contributed by atoms with Gasteiger partial charge in [0.15, 0.2) is 22.1 Å². The lowest BCUT2D eigenvalue weighted by molar-refractivity contribution is 0.119. The van der Waals surface area contributed by atoms with Crippen molar-refractivity contribution in [1.82, 2.24) is 20.3 Å². The van der Waals surface area contributed by atoms with Crippen LogP contribution >= 0.6 is 0 Å². The zero-order valence-corrected chi connectivity index (χ0v) is 26.4. The van der Waals surface area contributed by atoms with Crippen LogP contribution in [0.4, 0.5) is 17.3 Å². The van der Waals surface area contributed by atoms with E-state index < -0.39 is 10.0 Å². The topological polar surface area (TPSA) is 153 Å². The molecule has 0 unspecified atom stereocenters. The Hall–Kier alpha value is -4.01. The van der Waals surface area contributed by atoms with Crippen molar-refractivity contribution in [2.24, 2.45) is 0 Å². The predicted octanol–water partition coefficient (Wildman–Crippen LogP) is 4.97. The molecule has 3 N–H and O–H groups in total. The SMILES string of the molecule is COc1cc2c(NS(=O)(=O)c3c(OC)cc([C@H]4CCCN([C@@H]5CCOC5)C4)cc3OC)noc2cc1Nc1cc(C2CC2)[nH]n1. The third kappa shape index (κ3) is 5.89. The average molecular weight is 639 g/mol. The van der Waals surface area contributed by atoms with Crippen molar-refractivity contribution in [3.05, 3.63) is 41.6 Å². The first-order valence-corrected chi connectivity index (χ1v) is 16.8. The molecule has 4 heterocycles. The molecule has 0 spiro atoms. The number of nitrogens with zero attached hydrogens (tertiary/aromatic N) is 3. The van der Waals surface area contributed by atoms with E-state index in [4.69, 9.17) is 23.5 Å². The molecular formula is C31H38N6O7S. The standard InChI is InChI=1S/C31H38N6O7S/c1-40-26-13-22-25(14-24(26)32-29-15-23(33-34-29)18-6-7-18)44-35-31(22)36-45(38,39)30-27(41-2)11-20(12-28(30)42-3)19-5-4-9-37(16-19)21-8-10-43-17-21/h11-15,18-19,21H,4-10,16-17H2,1-3H3,(H,35,36)(H2,32,33,34)/t19-,21+/m0/s1. The molecule has 0 radical (unpaired) electrons. The van der Waals surface area contributed by atoms with Gasteiger partial charge in [-0.05, 0) is 68.3 Å². The van der Waals surface area contributed by atoms with Gasteiger partial charge in [-0.15, -0.1) is 0 Å². The number of benzene rings is 2. The molecule has 2 saturated heterocycles. The van der Waals surface area contributed by atoms with E-state index >= 15 is 0 Å². The summed E-state index contributed by atoms with van der Waals surface area (Å²) in [5.41, 5.74) is 3.03. The predicted molar refractivity (Wildman–Crippen MR) is 168 cm³/mol. The van der Waals surface area contributed by atoms with Crippen molar-refractivity contribution in [3.8, 4) is 17.2 Å². The maximum atomic E-state index is 13.9. The first kappa shape index (κ1) is 29.7. The van der Waals surface area contributed by atoms with E-state index in [-0.39, 0.29) is 28.1 Å². The Morgan fingerprint density at radius 1 is 0.956 bits per heavy atom. The number of nitrogens with one attached hydrogen (secondary N) is 3. The fraction of sp³-hybridized carbons (Fsp3) is 0.484. The van der Waals surface area contributed by atoms with Gasteiger partial charge in [-0.3, -0.25) is 14.7 Å². The van der Waals surface area contributed by atoms with Gasteiger partial charge < -0.3 is 28.8 Å². The second-order valence-corrected chi connectivity index (χ2v) is 13.5. The highest BCUT2D eigenvalue weighted by molar-refractivity contribution is 7.93. The first-order chi connectivity index (χ1) is 21.9. The summed E-state index contributed by atoms with van der Waals surface area (Å²) < 4.78 is 58.5. The zero-order chi connectivity index (χ0) is 31.1. The highest BCUT2D eigenvalue weighted by Gasteiger charge is 2.33. The molecule has 2 aromatic heterocycles. The van der Waals surface area contributed by atoms with E-state index in [2.05, 4.69) is 30.3 Å². The number of hydrogen-bond donors (Lipinski definition) is 3. The summed E-state index contributed by atoms with van der Waals surface area (Å²) in [6, 6.07) is 9.38. The minimum absolute atomic E-state index is 0.0144. The fourth-order valence-corrected chi connectivity index (χ4v) is 7.76. The summed E-state index contributed by atoms with van der Waals surface area (Å²) in [5.74, 6) is 2.26. The Morgan fingerprint density at radius 2 is 1.73 bits per heavy atom. The zero-order valence-electron chi connectivity index (χ0n) is 25.6. The van der Waals surface area contributed by atoms with Crippen LogP contribution in [-0.4, -0.2) is 82.3 Å². The number of likely N-dealkylation sites (tertiary alicyclic amines) is 1. The molecule has 2 atom stereocenters.